The van der Waals surface area contributed by atoms with Crippen molar-refractivity contribution in [2.24, 2.45) is 0 Å². The first-order chi connectivity index (χ1) is 17.5. The number of para-hydroxylation sites is 1. The van der Waals surface area contributed by atoms with Gasteiger partial charge >= 0.3 is 0 Å². The molecule has 1 atom stereocenters. The molecule has 184 valence electrons. The number of hydrogen-bond acceptors (Lipinski definition) is 7. The molecule has 3 aromatic carbocycles. The van der Waals surface area contributed by atoms with E-state index in [1.54, 1.807) is 38.5 Å². The number of rotatable bonds is 9. The molecular weight excluding hydrogens is 494 g/mol. The predicted octanol–water partition coefficient (Wildman–Crippen LogP) is 6.20. The minimum absolute atomic E-state index is 0.142. The average molecular weight is 520 g/mol. The van der Waals surface area contributed by atoms with E-state index in [0.717, 1.165) is 21.9 Å². The van der Waals surface area contributed by atoms with Crippen molar-refractivity contribution in [1.29, 1.82) is 0 Å². The van der Waals surface area contributed by atoms with E-state index in [4.69, 9.17) is 9.47 Å². The van der Waals surface area contributed by atoms with Crippen molar-refractivity contribution >= 4 is 45.7 Å². The quantitative estimate of drug-likeness (QED) is 0.256. The average Bonchev–Trinajstić information content (AvgIpc) is 3.37. The molecule has 7 nitrogen and oxygen atoms in total. The van der Waals surface area contributed by atoms with Gasteiger partial charge in [-0.3, -0.25) is 9.59 Å². The maximum atomic E-state index is 12.8. The number of benzene rings is 3. The van der Waals surface area contributed by atoms with E-state index in [2.05, 4.69) is 15.6 Å². The van der Waals surface area contributed by atoms with Crippen LogP contribution in [0.25, 0.3) is 11.3 Å². The first kappa shape index (κ1) is 25.3. The third kappa shape index (κ3) is 6.24. The molecule has 0 bridgehead atoms. The fraction of sp³-hybridized carbons (Fsp3) is 0.148. The van der Waals surface area contributed by atoms with E-state index in [1.807, 2.05) is 60.8 Å². The highest BCUT2D eigenvalue weighted by Crippen LogP contribution is 2.32. The highest BCUT2D eigenvalue weighted by Gasteiger charge is 2.17. The summed E-state index contributed by atoms with van der Waals surface area (Å²) < 4.78 is 10.6. The third-order valence-corrected chi connectivity index (χ3v) is 7.11. The summed E-state index contributed by atoms with van der Waals surface area (Å²) in [6.07, 6.45) is 0. The maximum Gasteiger partial charge on any atom is 0.255 e. The Morgan fingerprint density at radius 3 is 2.47 bits per heavy atom. The number of carbonyl (C=O) groups is 2. The van der Waals surface area contributed by atoms with Gasteiger partial charge in [-0.1, -0.05) is 18.2 Å². The highest BCUT2D eigenvalue weighted by molar-refractivity contribution is 8.00. The van der Waals surface area contributed by atoms with Gasteiger partial charge in [0.1, 0.15) is 11.5 Å². The molecular formula is C27H25N3O4S2. The van der Waals surface area contributed by atoms with Gasteiger partial charge in [-0.05, 0) is 61.5 Å². The van der Waals surface area contributed by atoms with Crippen molar-refractivity contribution in [3.05, 3.63) is 83.7 Å². The van der Waals surface area contributed by atoms with Crippen LogP contribution in [0, 0.1) is 0 Å². The second kappa shape index (κ2) is 11.7. The summed E-state index contributed by atoms with van der Waals surface area (Å²) in [6, 6.07) is 22.0. The number of thioether (sulfide) groups is 1. The van der Waals surface area contributed by atoms with Crippen molar-refractivity contribution in [3.8, 4) is 22.8 Å². The number of methoxy groups -OCH3 is 2. The van der Waals surface area contributed by atoms with E-state index in [1.165, 1.54) is 23.1 Å². The van der Waals surface area contributed by atoms with Gasteiger partial charge in [0.05, 0.1) is 25.2 Å². The number of amides is 2. The van der Waals surface area contributed by atoms with Crippen LogP contribution in [0.3, 0.4) is 0 Å². The topological polar surface area (TPSA) is 89.5 Å². The van der Waals surface area contributed by atoms with E-state index < -0.39 is 0 Å². The van der Waals surface area contributed by atoms with E-state index in [9.17, 15) is 9.59 Å². The van der Waals surface area contributed by atoms with Gasteiger partial charge in [-0.2, -0.15) is 0 Å². The van der Waals surface area contributed by atoms with E-state index in [-0.39, 0.29) is 17.1 Å². The Bertz CT molecular complexity index is 1360. The van der Waals surface area contributed by atoms with E-state index >= 15 is 0 Å². The minimum atomic E-state index is -0.346. The number of nitrogens with one attached hydrogen (secondary N) is 2. The maximum absolute atomic E-state index is 12.8. The van der Waals surface area contributed by atoms with Gasteiger partial charge in [-0.25, -0.2) is 4.98 Å². The number of ether oxygens (including phenoxy) is 2. The molecule has 2 N–H and O–H groups in total. The molecule has 1 heterocycles. The smallest absolute Gasteiger partial charge is 0.255 e. The highest BCUT2D eigenvalue weighted by atomic mass is 32.2. The number of nitrogens with zero attached hydrogens (tertiary/aromatic N) is 1. The minimum Gasteiger partial charge on any atom is -0.497 e. The molecule has 0 saturated heterocycles. The van der Waals surface area contributed by atoms with Gasteiger partial charge in [0.15, 0.2) is 5.13 Å². The third-order valence-electron chi connectivity index (χ3n) is 5.24. The van der Waals surface area contributed by atoms with Crippen molar-refractivity contribution in [2.75, 3.05) is 24.9 Å². The lowest BCUT2D eigenvalue weighted by Gasteiger charge is -2.11. The van der Waals surface area contributed by atoms with Gasteiger partial charge in [0.2, 0.25) is 5.91 Å². The molecule has 1 unspecified atom stereocenters. The summed E-state index contributed by atoms with van der Waals surface area (Å²) in [5.41, 5.74) is 2.79. The van der Waals surface area contributed by atoms with Crippen LogP contribution in [0.5, 0.6) is 11.5 Å². The second-order valence-corrected chi connectivity index (χ2v) is 9.97. The van der Waals surface area contributed by atoms with Crippen LogP contribution in [0.15, 0.2) is 83.1 Å². The molecule has 0 radical (unpaired) electrons. The van der Waals surface area contributed by atoms with Crippen molar-refractivity contribution in [3.63, 3.8) is 0 Å². The summed E-state index contributed by atoms with van der Waals surface area (Å²) in [5, 5.41) is 7.84. The van der Waals surface area contributed by atoms with Crippen LogP contribution in [0.2, 0.25) is 0 Å². The first-order valence-electron chi connectivity index (χ1n) is 11.1. The predicted molar refractivity (Wildman–Crippen MR) is 145 cm³/mol. The first-order valence-corrected chi connectivity index (χ1v) is 12.8. The number of thiazole rings is 1. The summed E-state index contributed by atoms with van der Waals surface area (Å²) in [6.45, 7) is 1.84. The monoisotopic (exact) mass is 519 g/mol. The summed E-state index contributed by atoms with van der Waals surface area (Å²) in [5.74, 6) is 0.984. The fourth-order valence-electron chi connectivity index (χ4n) is 3.36. The molecule has 0 aliphatic rings. The number of anilines is 2. The molecule has 0 aliphatic heterocycles. The van der Waals surface area contributed by atoms with Crippen LogP contribution in [0.1, 0.15) is 17.3 Å². The molecule has 4 aromatic rings. The lowest BCUT2D eigenvalue weighted by molar-refractivity contribution is -0.115. The Kier molecular flexibility index (Phi) is 8.24. The van der Waals surface area contributed by atoms with Crippen LogP contribution in [-0.2, 0) is 4.79 Å². The summed E-state index contributed by atoms with van der Waals surface area (Å²) in [7, 11) is 3.18. The molecule has 2 amide bonds. The Morgan fingerprint density at radius 1 is 0.944 bits per heavy atom. The zero-order valence-corrected chi connectivity index (χ0v) is 21.6. The van der Waals surface area contributed by atoms with Crippen LogP contribution < -0.4 is 20.1 Å². The lowest BCUT2D eigenvalue weighted by atomic mass is 10.1. The summed E-state index contributed by atoms with van der Waals surface area (Å²) in [4.78, 5) is 30.7. The summed E-state index contributed by atoms with van der Waals surface area (Å²) >= 11 is 2.79. The lowest BCUT2D eigenvalue weighted by Crippen LogP contribution is -2.22. The number of carbonyl (C=O) groups excluding carboxylic acids is 2. The zero-order chi connectivity index (χ0) is 25.5. The molecule has 0 spiro atoms. The standard InChI is InChI=1S/C27H25N3O4S2/c1-17(25(31)30-27-29-23(16-35-27)22-9-4-5-10-24(22)34-3)36-21-13-11-19(12-14-21)28-26(32)18-7-6-8-20(15-18)33-2/h4-17H,1-3H3,(H,28,32)(H,29,30,31). The zero-order valence-electron chi connectivity index (χ0n) is 20.0. The number of aromatic nitrogens is 1. The van der Waals surface area contributed by atoms with E-state index in [0.29, 0.717) is 22.1 Å². The van der Waals surface area contributed by atoms with Crippen LogP contribution >= 0.6 is 23.1 Å². The molecule has 4 rings (SSSR count). The second-order valence-electron chi connectivity index (χ2n) is 7.70. The molecule has 0 aliphatic carbocycles. The Morgan fingerprint density at radius 2 is 1.72 bits per heavy atom. The van der Waals surface area contributed by atoms with Crippen molar-refractivity contribution in [2.45, 2.75) is 17.1 Å². The van der Waals surface area contributed by atoms with Gasteiger partial charge in [0, 0.05) is 27.1 Å². The molecule has 9 heteroatoms. The molecule has 36 heavy (non-hydrogen) atoms. The largest absolute Gasteiger partial charge is 0.497 e. The SMILES string of the molecule is COc1cccc(C(=O)Nc2ccc(SC(C)C(=O)Nc3nc(-c4ccccc4OC)cs3)cc2)c1. The molecule has 0 saturated carbocycles. The normalized spacial score (nSPS) is 11.4. The van der Waals surface area contributed by atoms with Gasteiger partial charge < -0.3 is 20.1 Å². The molecule has 1 aromatic heterocycles. The van der Waals surface area contributed by atoms with Crippen LogP contribution in [0.4, 0.5) is 10.8 Å². The fourth-order valence-corrected chi connectivity index (χ4v) is 4.94. The molecule has 0 fully saturated rings. The Hall–Kier alpha value is -3.82. The number of hydrogen-bond donors (Lipinski definition) is 2. The van der Waals surface area contributed by atoms with Crippen molar-refractivity contribution < 1.29 is 19.1 Å². The van der Waals surface area contributed by atoms with Gasteiger partial charge in [-0.15, -0.1) is 23.1 Å². The Balaban J connectivity index is 1.33. The van der Waals surface area contributed by atoms with Crippen molar-refractivity contribution in [1.82, 2.24) is 4.98 Å². The van der Waals surface area contributed by atoms with Gasteiger partial charge in [0.25, 0.3) is 5.91 Å². The van der Waals surface area contributed by atoms with Crippen LogP contribution in [-0.4, -0.2) is 36.3 Å². The Labute approximate surface area is 217 Å².